The molecule has 0 saturated carbocycles. The summed E-state index contributed by atoms with van der Waals surface area (Å²) in [6.45, 7) is 0. The monoisotopic (exact) mass is 321 g/mol. The van der Waals surface area contributed by atoms with Crippen LogP contribution in [-0.2, 0) is 0 Å². The van der Waals surface area contributed by atoms with Crippen LogP contribution in [0.2, 0.25) is 10.0 Å². The molecule has 1 heterocycles. The molecule has 20 heavy (non-hydrogen) atoms. The highest BCUT2D eigenvalue weighted by Crippen LogP contribution is 2.42. The number of halogens is 2. The minimum Gasteiger partial charge on any atom is -0.397 e. The molecule has 0 amide bonds. The lowest BCUT2D eigenvalue weighted by Gasteiger charge is -2.06. The van der Waals surface area contributed by atoms with E-state index in [0.29, 0.717) is 31.8 Å². The molecule has 2 N–H and O–H groups in total. The van der Waals surface area contributed by atoms with E-state index < -0.39 is 0 Å². The summed E-state index contributed by atoms with van der Waals surface area (Å²) < 4.78 is 0. The van der Waals surface area contributed by atoms with E-state index in [1.165, 1.54) is 11.8 Å². The van der Waals surface area contributed by atoms with E-state index in [2.05, 4.69) is 0 Å². The number of ketones is 1. The third-order valence-electron chi connectivity index (χ3n) is 3.03. The van der Waals surface area contributed by atoms with Crippen LogP contribution in [0.3, 0.4) is 0 Å². The van der Waals surface area contributed by atoms with Gasteiger partial charge in [0.05, 0.1) is 20.6 Å². The summed E-state index contributed by atoms with van der Waals surface area (Å²) in [6.07, 6.45) is 0. The van der Waals surface area contributed by atoms with Crippen molar-refractivity contribution < 1.29 is 4.79 Å². The van der Waals surface area contributed by atoms with Crippen LogP contribution in [0, 0.1) is 0 Å². The predicted octanol–water partition coefficient (Wildman–Crippen LogP) is 4.61. The molecule has 0 fully saturated rings. The van der Waals surface area contributed by atoms with Crippen molar-refractivity contribution in [3.05, 3.63) is 68.5 Å². The first-order chi connectivity index (χ1) is 9.58. The van der Waals surface area contributed by atoms with Crippen molar-refractivity contribution in [3.63, 3.8) is 0 Å². The maximum atomic E-state index is 12.3. The van der Waals surface area contributed by atoms with Crippen LogP contribution in [0.25, 0.3) is 5.70 Å². The van der Waals surface area contributed by atoms with Crippen LogP contribution >= 0.6 is 35.0 Å². The summed E-state index contributed by atoms with van der Waals surface area (Å²) in [5.41, 5.74) is 7.94. The lowest BCUT2D eigenvalue weighted by molar-refractivity contribution is 0.104. The number of rotatable bonds is 1. The van der Waals surface area contributed by atoms with Crippen molar-refractivity contribution >= 4 is 46.4 Å². The molecule has 0 spiro atoms. The second-order valence-electron chi connectivity index (χ2n) is 4.30. The summed E-state index contributed by atoms with van der Waals surface area (Å²) >= 11 is 13.3. The lowest BCUT2D eigenvalue weighted by Crippen LogP contribution is -2.04. The van der Waals surface area contributed by atoms with Gasteiger partial charge in [-0.25, -0.2) is 0 Å². The van der Waals surface area contributed by atoms with Crippen molar-refractivity contribution in [1.29, 1.82) is 0 Å². The molecule has 1 aliphatic rings. The number of benzene rings is 2. The molecule has 0 aromatic heterocycles. The van der Waals surface area contributed by atoms with Gasteiger partial charge in [0.1, 0.15) is 0 Å². The summed E-state index contributed by atoms with van der Waals surface area (Å²) in [6, 6.07) is 12.6. The second-order valence-corrected chi connectivity index (χ2v) is 6.17. The first kappa shape index (κ1) is 13.6. The zero-order valence-electron chi connectivity index (χ0n) is 10.2. The molecule has 100 valence electrons. The molecular formula is C15H9Cl2NOS. The van der Waals surface area contributed by atoms with Crippen molar-refractivity contribution in [2.75, 3.05) is 0 Å². The standard InChI is InChI=1S/C15H9Cl2NOS/c16-10-6-5-8(7-11(10)17)13(18)15-14(19)9-3-1-2-4-12(9)20-15/h1-7H,18H2. The van der Waals surface area contributed by atoms with Crippen LogP contribution in [0.4, 0.5) is 0 Å². The molecule has 2 nitrogen and oxygen atoms in total. The Bertz CT molecular complexity index is 755. The van der Waals surface area contributed by atoms with Crippen LogP contribution in [0.5, 0.6) is 0 Å². The quantitative estimate of drug-likeness (QED) is 0.780. The van der Waals surface area contributed by atoms with E-state index >= 15 is 0 Å². The number of thioether (sulfide) groups is 1. The fourth-order valence-electron chi connectivity index (χ4n) is 1.99. The SMILES string of the molecule is NC(=C1Sc2ccccc2C1=O)c1ccc(Cl)c(Cl)c1. The molecule has 0 aliphatic carbocycles. The Labute approximate surface area is 130 Å². The average molecular weight is 322 g/mol. The van der Waals surface area contributed by atoms with E-state index in [9.17, 15) is 4.79 Å². The first-order valence-corrected chi connectivity index (χ1v) is 7.42. The van der Waals surface area contributed by atoms with Crippen LogP contribution < -0.4 is 5.73 Å². The second kappa shape index (κ2) is 5.17. The number of nitrogens with two attached hydrogens (primary N) is 1. The number of hydrogen-bond donors (Lipinski definition) is 1. The van der Waals surface area contributed by atoms with Gasteiger partial charge in [-0.1, -0.05) is 53.2 Å². The van der Waals surface area contributed by atoms with Gasteiger partial charge in [-0.3, -0.25) is 4.79 Å². The summed E-state index contributed by atoms with van der Waals surface area (Å²) in [5.74, 6) is -0.0471. The number of allylic oxidation sites excluding steroid dienone is 1. The molecule has 2 aromatic carbocycles. The van der Waals surface area contributed by atoms with E-state index in [4.69, 9.17) is 28.9 Å². The molecule has 1 aliphatic heterocycles. The van der Waals surface area contributed by atoms with Crippen molar-refractivity contribution in [1.82, 2.24) is 0 Å². The zero-order chi connectivity index (χ0) is 14.3. The predicted molar refractivity (Wildman–Crippen MR) is 84.2 cm³/mol. The molecule has 0 radical (unpaired) electrons. The van der Waals surface area contributed by atoms with Crippen molar-refractivity contribution in [3.8, 4) is 0 Å². The maximum absolute atomic E-state index is 12.3. The van der Waals surface area contributed by atoms with Gasteiger partial charge in [-0.2, -0.15) is 0 Å². The number of Topliss-reactive ketones (excluding diaryl/α,β-unsaturated/α-hetero) is 1. The molecule has 5 heteroatoms. The Morgan fingerprint density at radius 2 is 1.80 bits per heavy atom. The van der Waals surface area contributed by atoms with Gasteiger partial charge in [-0.15, -0.1) is 0 Å². The third-order valence-corrected chi connectivity index (χ3v) is 4.95. The molecule has 2 aromatic rings. The summed E-state index contributed by atoms with van der Waals surface area (Å²) in [4.78, 5) is 13.8. The van der Waals surface area contributed by atoms with E-state index in [1.54, 1.807) is 24.3 Å². The van der Waals surface area contributed by atoms with Crippen LogP contribution in [0.15, 0.2) is 52.3 Å². The van der Waals surface area contributed by atoms with E-state index in [1.807, 2.05) is 18.2 Å². The van der Waals surface area contributed by atoms with Gasteiger partial charge in [0.15, 0.2) is 0 Å². The highest BCUT2D eigenvalue weighted by molar-refractivity contribution is 8.05. The Morgan fingerprint density at radius 3 is 2.50 bits per heavy atom. The zero-order valence-corrected chi connectivity index (χ0v) is 12.5. The third kappa shape index (κ3) is 2.22. The van der Waals surface area contributed by atoms with E-state index in [0.717, 1.165) is 4.90 Å². The van der Waals surface area contributed by atoms with Gasteiger partial charge in [-0.05, 0) is 24.3 Å². The fourth-order valence-corrected chi connectivity index (χ4v) is 3.36. The van der Waals surface area contributed by atoms with Crippen LogP contribution in [-0.4, -0.2) is 5.78 Å². The molecule has 0 bridgehead atoms. The van der Waals surface area contributed by atoms with Gasteiger partial charge in [0.25, 0.3) is 0 Å². The Balaban J connectivity index is 2.08. The highest BCUT2D eigenvalue weighted by atomic mass is 35.5. The maximum Gasteiger partial charge on any atom is 0.202 e. The minimum absolute atomic E-state index is 0.0471. The van der Waals surface area contributed by atoms with Gasteiger partial charge in [0.2, 0.25) is 5.78 Å². The molecule has 0 unspecified atom stereocenters. The fraction of sp³-hybridized carbons (Fsp3) is 0. The number of hydrogen-bond acceptors (Lipinski definition) is 3. The minimum atomic E-state index is -0.0471. The van der Waals surface area contributed by atoms with Crippen molar-refractivity contribution in [2.45, 2.75) is 4.90 Å². The van der Waals surface area contributed by atoms with Crippen LogP contribution in [0.1, 0.15) is 15.9 Å². The lowest BCUT2D eigenvalue weighted by atomic mass is 10.1. The number of carbonyl (C=O) groups is 1. The Hall–Kier alpha value is -1.42. The first-order valence-electron chi connectivity index (χ1n) is 5.84. The largest absolute Gasteiger partial charge is 0.397 e. The summed E-state index contributed by atoms with van der Waals surface area (Å²) in [5, 5.41) is 0.877. The molecule has 0 atom stereocenters. The van der Waals surface area contributed by atoms with Crippen molar-refractivity contribution in [2.24, 2.45) is 5.73 Å². The molecule has 3 rings (SSSR count). The van der Waals surface area contributed by atoms with Gasteiger partial charge >= 0.3 is 0 Å². The normalized spacial score (nSPS) is 16.2. The van der Waals surface area contributed by atoms with Gasteiger partial charge < -0.3 is 5.73 Å². The Morgan fingerprint density at radius 1 is 1.05 bits per heavy atom. The topological polar surface area (TPSA) is 43.1 Å². The van der Waals surface area contributed by atoms with E-state index in [-0.39, 0.29) is 5.78 Å². The smallest absolute Gasteiger partial charge is 0.202 e. The molecular weight excluding hydrogens is 313 g/mol. The Kier molecular flexibility index (Phi) is 3.50. The highest BCUT2D eigenvalue weighted by Gasteiger charge is 2.28. The van der Waals surface area contributed by atoms with Gasteiger partial charge in [0, 0.05) is 16.0 Å². The molecule has 0 saturated heterocycles. The average Bonchev–Trinajstić information content (AvgIpc) is 2.79. The summed E-state index contributed by atoms with van der Waals surface area (Å²) in [7, 11) is 0. The number of carbonyl (C=O) groups excluding carboxylic acids is 1. The number of fused-ring (bicyclic) bond motifs is 1.